The standard InChI is InChI=1S/C17H22N2O2/c1-11(10-13-4-8-15(20-3)9-5-13)18-16-12(2)19-21-17(16)14-6-7-14/h4-5,8-9,11,14,18H,6-7,10H2,1-3H3/t11-/m1/s1. The Hall–Kier alpha value is -1.97. The van der Waals surface area contributed by atoms with Gasteiger partial charge in [-0.15, -0.1) is 0 Å². The summed E-state index contributed by atoms with van der Waals surface area (Å²) in [5, 5.41) is 7.68. The summed E-state index contributed by atoms with van der Waals surface area (Å²) in [7, 11) is 1.69. The Bertz CT molecular complexity index is 600. The van der Waals surface area contributed by atoms with Crippen LogP contribution in [-0.4, -0.2) is 18.3 Å². The first-order valence-electron chi connectivity index (χ1n) is 7.53. The summed E-state index contributed by atoms with van der Waals surface area (Å²) in [6.45, 7) is 4.19. The molecule has 1 aromatic carbocycles. The second-order valence-electron chi connectivity index (χ2n) is 5.88. The van der Waals surface area contributed by atoms with Crippen LogP contribution in [0.15, 0.2) is 28.8 Å². The lowest BCUT2D eigenvalue weighted by atomic mass is 10.1. The van der Waals surface area contributed by atoms with Crippen molar-refractivity contribution in [2.75, 3.05) is 12.4 Å². The molecule has 112 valence electrons. The van der Waals surface area contributed by atoms with Crippen LogP contribution < -0.4 is 10.1 Å². The second kappa shape index (κ2) is 5.80. The summed E-state index contributed by atoms with van der Waals surface area (Å²) < 4.78 is 10.7. The average molecular weight is 286 g/mol. The number of nitrogens with zero attached hydrogens (tertiary/aromatic N) is 1. The minimum absolute atomic E-state index is 0.328. The smallest absolute Gasteiger partial charge is 0.163 e. The van der Waals surface area contributed by atoms with Gasteiger partial charge in [-0.2, -0.15) is 0 Å². The predicted octanol–water partition coefficient (Wildman–Crippen LogP) is 3.91. The zero-order valence-corrected chi connectivity index (χ0v) is 12.8. The zero-order valence-electron chi connectivity index (χ0n) is 12.8. The van der Waals surface area contributed by atoms with Gasteiger partial charge in [0, 0.05) is 12.0 Å². The predicted molar refractivity (Wildman–Crippen MR) is 83.0 cm³/mol. The molecule has 0 spiro atoms. The number of ether oxygens (including phenoxy) is 1. The molecule has 1 saturated carbocycles. The molecule has 1 aliphatic rings. The van der Waals surface area contributed by atoms with E-state index < -0.39 is 0 Å². The van der Waals surface area contributed by atoms with Crippen molar-refractivity contribution in [1.82, 2.24) is 5.16 Å². The lowest BCUT2D eigenvalue weighted by Gasteiger charge is -2.15. The molecular formula is C17H22N2O2. The molecule has 1 aromatic heterocycles. The number of aryl methyl sites for hydroxylation is 1. The molecule has 0 amide bonds. The van der Waals surface area contributed by atoms with Crippen LogP contribution in [0.4, 0.5) is 5.69 Å². The van der Waals surface area contributed by atoms with Crippen molar-refractivity contribution in [3.63, 3.8) is 0 Å². The maximum Gasteiger partial charge on any atom is 0.163 e. The summed E-state index contributed by atoms with van der Waals surface area (Å²) in [6, 6.07) is 8.55. The van der Waals surface area contributed by atoms with E-state index in [0.29, 0.717) is 12.0 Å². The third-order valence-electron chi connectivity index (χ3n) is 3.93. The third kappa shape index (κ3) is 3.20. The molecular weight excluding hydrogens is 264 g/mol. The fourth-order valence-electron chi connectivity index (χ4n) is 2.60. The normalized spacial score (nSPS) is 15.8. The Labute approximate surface area is 125 Å². The number of hydrogen-bond donors (Lipinski definition) is 1. The quantitative estimate of drug-likeness (QED) is 0.874. The van der Waals surface area contributed by atoms with Crippen LogP contribution in [0.2, 0.25) is 0 Å². The van der Waals surface area contributed by atoms with E-state index in [0.717, 1.165) is 29.3 Å². The number of benzene rings is 1. The van der Waals surface area contributed by atoms with Gasteiger partial charge in [0.2, 0.25) is 0 Å². The maximum absolute atomic E-state index is 5.47. The molecule has 1 atom stereocenters. The monoisotopic (exact) mass is 286 g/mol. The molecule has 0 unspecified atom stereocenters. The molecule has 3 rings (SSSR count). The molecule has 1 fully saturated rings. The third-order valence-corrected chi connectivity index (χ3v) is 3.93. The highest BCUT2D eigenvalue weighted by Gasteiger charge is 2.31. The van der Waals surface area contributed by atoms with E-state index in [1.807, 2.05) is 19.1 Å². The largest absolute Gasteiger partial charge is 0.497 e. The minimum atomic E-state index is 0.328. The van der Waals surface area contributed by atoms with Gasteiger partial charge in [-0.1, -0.05) is 17.3 Å². The van der Waals surface area contributed by atoms with Gasteiger partial charge in [0.15, 0.2) is 5.76 Å². The SMILES string of the molecule is COc1ccc(C[C@@H](C)Nc2c(C)noc2C2CC2)cc1. The number of rotatable bonds is 6. The van der Waals surface area contributed by atoms with Crippen molar-refractivity contribution in [3.05, 3.63) is 41.3 Å². The molecule has 0 radical (unpaired) electrons. The molecule has 1 N–H and O–H groups in total. The number of nitrogens with one attached hydrogen (secondary N) is 1. The van der Waals surface area contributed by atoms with Crippen LogP contribution in [0.25, 0.3) is 0 Å². The molecule has 2 aromatic rings. The summed E-state index contributed by atoms with van der Waals surface area (Å²) in [5.41, 5.74) is 3.34. The van der Waals surface area contributed by atoms with Crippen LogP contribution in [0.3, 0.4) is 0 Å². The molecule has 0 saturated heterocycles. The Morgan fingerprint density at radius 2 is 2.05 bits per heavy atom. The summed E-state index contributed by atoms with van der Waals surface area (Å²) in [4.78, 5) is 0. The summed E-state index contributed by atoms with van der Waals surface area (Å²) in [5.74, 6) is 2.50. The van der Waals surface area contributed by atoms with Crippen LogP contribution in [0.1, 0.15) is 42.7 Å². The van der Waals surface area contributed by atoms with E-state index in [4.69, 9.17) is 9.26 Å². The van der Waals surface area contributed by atoms with E-state index in [-0.39, 0.29) is 0 Å². The summed E-state index contributed by atoms with van der Waals surface area (Å²) >= 11 is 0. The van der Waals surface area contributed by atoms with Crippen LogP contribution in [0, 0.1) is 6.92 Å². The molecule has 4 nitrogen and oxygen atoms in total. The molecule has 4 heteroatoms. The number of aromatic nitrogens is 1. The number of anilines is 1. The topological polar surface area (TPSA) is 47.3 Å². The van der Waals surface area contributed by atoms with Gasteiger partial charge >= 0.3 is 0 Å². The van der Waals surface area contributed by atoms with Crippen molar-refractivity contribution >= 4 is 5.69 Å². The number of methoxy groups -OCH3 is 1. The van der Waals surface area contributed by atoms with E-state index >= 15 is 0 Å². The first kappa shape index (κ1) is 14.0. The van der Waals surface area contributed by atoms with Crippen molar-refractivity contribution < 1.29 is 9.26 Å². The van der Waals surface area contributed by atoms with Crippen molar-refractivity contribution in [1.29, 1.82) is 0 Å². The van der Waals surface area contributed by atoms with Crippen molar-refractivity contribution in [2.45, 2.75) is 45.1 Å². The Morgan fingerprint density at radius 1 is 1.33 bits per heavy atom. The van der Waals surface area contributed by atoms with Gasteiger partial charge in [0.25, 0.3) is 0 Å². The van der Waals surface area contributed by atoms with Gasteiger partial charge in [-0.25, -0.2) is 0 Å². The second-order valence-corrected chi connectivity index (χ2v) is 5.88. The van der Waals surface area contributed by atoms with E-state index in [1.165, 1.54) is 18.4 Å². The molecule has 1 heterocycles. The first-order valence-corrected chi connectivity index (χ1v) is 7.53. The van der Waals surface area contributed by atoms with E-state index in [9.17, 15) is 0 Å². The van der Waals surface area contributed by atoms with Gasteiger partial charge in [0.1, 0.15) is 17.1 Å². The molecule has 0 aliphatic heterocycles. The van der Waals surface area contributed by atoms with Crippen molar-refractivity contribution in [2.24, 2.45) is 0 Å². The van der Waals surface area contributed by atoms with E-state index in [1.54, 1.807) is 7.11 Å². The highest BCUT2D eigenvalue weighted by Crippen LogP contribution is 2.44. The fourth-order valence-corrected chi connectivity index (χ4v) is 2.60. The lowest BCUT2D eigenvalue weighted by Crippen LogP contribution is -2.19. The van der Waals surface area contributed by atoms with Crippen LogP contribution >= 0.6 is 0 Å². The van der Waals surface area contributed by atoms with Crippen LogP contribution in [-0.2, 0) is 6.42 Å². The zero-order chi connectivity index (χ0) is 14.8. The lowest BCUT2D eigenvalue weighted by molar-refractivity contribution is 0.381. The maximum atomic E-state index is 5.47. The van der Waals surface area contributed by atoms with Gasteiger partial charge < -0.3 is 14.6 Å². The van der Waals surface area contributed by atoms with Gasteiger partial charge in [-0.3, -0.25) is 0 Å². The van der Waals surface area contributed by atoms with Gasteiger partial charge in [0.05, 0.1) is 7.11 Å². The van der Waals surface area contributed by atoms with Crippen LogP contribution in [0.5, 0.6) is 5.75 Å². The fraction of sp³-hybridized carbons (Fsp3) is 0.471. The van der Waals surface area contributed by atoms with E-state index in [2.05, 4.69) is 29.5 Å². The molecule has 21 heavy (non-hydrogen) atoms. The highest BCUT2D eigenvalue weighted by atomic mass is 16.5. The average Bonchev–Trinajstić information content (AvgIpc) is 3.26. The molecule has 0 bridgehead atoms. The first-order chi connectivity index (χ1) is 10.2. The van der Waals surface area contributed by atoms with Crippen molar-refractivity contribution in [3.8, 4) is 5.75 Å². The highest BCUT2D eigenvalue weighted by molar-refractivity contribution is 5.53. The van der Waals surface area contributed by atoms with Gasteiger partial charge in [-0.05, 0) is 50.8 Å². The minimum Gasteiger partial charge on any atom is -0.497 e. The Kier molecular flexibility index (Phi) is 3.86. The Morgan fingerprint density at radius 3 is 2.67 bits per heavy atom. The Balaban J connectivity index is 1.65. The number of hydrogen-bond acceptors (Lipinski definition) is 4. The summed E-state index contributed by atoms with van der Waals surface area (Å²) in [6.07, 6.45) is 3.39. The molecule has 1 aliphatic carbocycles.